The summed E-state index contributed by atoms with van der Waals surface area (Å²) in [4.78, 5) is 49.0. The van der Waals surface area contributed by atoms with Gasteiger partial charge in [-0.25, -0.2) is 14.2 Å². The molecule has 4 aromatic rings. The lowest BCUT2D eigenvalue weighted by atomic mass is 9.95. The van der Waals surface area contributed by atoms with Gasteiger partial charge in [-0.1, -0.05) is 6.07 Å². The highest BCUT2D eigenvalue weighted by Crippen LogP contribution is 2.36. The number of nitrogens with zero attached hydrogens (tertiary/aromatic N) is 5. The van der Waals surface area contributed by atoms with Gasteiger partial charge in [-0.3, -0.25) is 20.0 Å². The van der Waals surface area contributed by atoms with Gasteiger partial charge in [0, 0.05) is 31.9 Å². The van der Waals surface area contributed by atoms with E-state index in [0.29, 0.717) is 29.0 Å². The molecular weight excluding hydrogens is 535 g/mol. The maximum Gasteiger partial charge on any atom is 0.322 e. The van der Waals surface area contributed by atoms with E-state index in [-0.39, 0.29) is 30.2 Å². The summed E-state index contributed by atoms with van der Waals surface area (Å²) in [6.07, 6.45) is 3.46. The average Bonchev–Trinajstić information content (AvgIpc) is 3.72. The molecule has 1 atom stereocenters. The third-order valence-corrected chi connectivity index (χ3v) is 7.27. The maximum atomic E-state index is 15.0. The van der Waals surface area contributed by atoms with E-state index in [1.54, 1.807) is 36.7 Å². The number of hydrogen-bond donors (Lipinski definition) is 3. The van der Waals surface area contributed by atoms with Gasteiger partial charge in [-0.05, 0) is 37.9 Å². The number of benzene rings is 1. The summed E-state index contributed by atoms with van der Waals surface area (Å²) >= 11 is 0. The Bertz CT molecular complexity index is 1670. The SMILES string of the molecule is COc1ccc2c(c1F)C(=O)N(C[C@@]1(c3cc4nc(N(CCN(C)C)c5cn[nH]c5)ccc4o3)NC(=O)NC1=O)C2. The molecule has 1 fully saturated rings. The second-order valence-corrected chi connectivity index (χ2v) is 10.2. The van der Waals surface area contributed by atoms with Crippen LogP contribution >= 0.6 is 0 Å². The van der Waals surface area contributed by atoms with Crippen LogP contribution in [-0.2, 0) is 16.9 Å². The van der Waals surface area contributed by atoms with Crippen molar-refractivity contribution in [3.05, 3.63) is 65.4 Å². The summed E-state index contributed by atoms with van der Waals surface area (Å²) in [7, 11) is 5.26. The first-order valence-corrected chi connectivity index (χ1v) is 12.8. The number of amides is 4. The van der Waals surface area contributed by atoms with Gasteiger partial charge < -0.3 is 29.2 Å². The summed E-state index contributed by atoms with van der Waals surface area (Å²) in [5.41, 5.74) is 0.195. The molecule has 212 valence electrons. The van der Waals surface area contributed by atoms with E-state index in [4.69, 9.17) is 14.1 Å². The topological polar surface area (TPSA) is 149 Å². The first-order valence-electron chi connectivity index (χ1n) is 12.8. The van der Waals surface area contributed by atoms with Gasteiger partial charge in [-0.2, -0.15) is 5.10 Å². The molecule has 41 heavy (non-hydrogen) atoms. The third-order valence-electron chi connectivity index (χ3n) is 7.27. The monoisotopic (exact) mass is 562 g/mol. The average molecular weight is 563 g/mol. The fourth-order valence-corrected chi connectivity index (χ4v) is 5.16. The third kappa shape index (κ3) is 4.41. The number of rotatable bonds is 9. The van der Waals surface area contributed by atoms with E-state index in [2.05, 4.69) is 20.8 Å². The summed E-state index contributed by atoms with van der Waals surface area (Å²) in [5.74, 6) is -1.45. The molecule has 2 aliphatic heterocycles. The van der Waals surface area contributed by atoms with Gasteiger partial charge in [0.05, 0.1) is 31.1 Å². The molecule has 0 aliphatic carbocycles. The largest absolute Gasteiger partial charge is 0.494 e. The molecule has 0 radical (unpaired) electrons. The van der Waals surface area contributed by atoms with Crippen LogP contribution < -0.4 is 20.3 Å². The van der Waals surface area contributed by atoms with Crippen LogP contribution in [0.25, 0.3) is 11.1 Å². The highest BCUT2D eigenvalue weighted by Gasteiger charge is 2.53. The van der Waals surface area contributed by atoms with Crippen molar-refractivity contribution in [2.45, 2.75) is 12.1 Å². The molecule has 0 saturated carbocycles. The molecule has 6 rings (SSSR count). The van der Waals surface area contributed by atoms with Crippen molar-refractivity contribution >= 4 is 40.5 Å². The van der Waals surface area contributed by atoms with Gasteiger partial charge in [0.15, 0.2) is 22.7 Å². The van der Waals surface area contributed by atoms with Gasteiger partial charge in [0.1, 0.15) is 17.1 Å². The summed E-state index contributed by atoms with van der Waals surface area (Å²) in [6.45, 7) is 1.11. The number of methoxy groups -OCH3 is 1. The molecule has 2 aliphatic rings. The number of nitrogens with one attached hydrogen (secondary N) is 3. The number of carbonyl (C=O) groups is 3. The number of urea groups is 1. The molecular formula is C27H27FN8O5. The molecule has 0 unspecified atom stereocenters. The highest BCUT2D eigenvalue weighted by atomic mass is 19.1. The molecule has 0 spiro atoms. The number of aromatic amines is 1. The van der Waals surface area contributed by atoms with Crippen molar-refractivity contribution in [3.8, 4) is 5.75 Å². The number of imide groups is 1. The number of H-pyrrole nitrogens is 1. The number of ether oxygens (including phenoxy) is 1. The van der Waals surface area contributed by atoms with Crippen molar-refractivity contribution in [2.24, 2.45) is 0 Å². The minimum atomic E-state index is -1.76. The predicted molar refractivity (Wildman–Crippen MR) is 144 cm³/mol. The smallest absolute Gasteiger partial charge is 0.322 e. The van der Waals surface area contributed by atoms with Gasteiger partial charge >= 0.3 is 6.03 Å². The molecule has 3 aromatic heterocycles. The first kappa shape index (κ1) is 26.3. The van der Waals surface area contributed by atoms with Gasteiger partial charge in [0.2, 0.25) is 0 Å². The van der Waals surface area contributed by atoms with Crippen LogP contribution in [0.15, 0.2) is 47.1 Å². The zero-order chi connectivity index (χ0) is 28.9. The molecule has 1 aromatic carbocycles. The molecule has 5 heterocycles. The zero-order valence-corrected chi connectivity index (χ0v) is 22.5. The normalized spacial score (nSPS) is 18.3. The highest BCUT2D eigenvalue weighted by molar-refractivity contribution is 6.08. The van der Waals surface area contributed by atoms with Crippen LogP contribution in [0.1, 0.15) is 21.7 Å². The number of pyridine rings is 1. The predicted octanol–water partition coefficient (Wildman–Crippen LogP) is 2.09. The first-order chi connectivity index (χ1) is 19.7. The maximum absolute atomic E-state index is 15.0. The Kier molecular flexibility index (Phi) is 6.33. The summed E-state index contributed by atoms with van der Waals surface area (Å²) in [6, 6.07) is 7.39. The Labute approximate surface area is 233 Å². The van der Waals surface area contributed by atoms with Crippen LogP contribution in [0.4, 0.5) is 20.7 Å². The number of carbonyl (C=O) groups excluding carboxylic acids is 3. The number of hydrogen-bond acceptors (Lipinski definition) is 9. The molecule has 14 heteroatoms. The molecule has 1 saturated heterocycles. The van der Waals surface area contributed by atoms with E-state index < -0.39 is 29.2 Å². The van der Waals surface area contributed by atoms with E-state index in [0.717, 1.165) is 12.2 Å². The number of halogens is 1. The van der Waals surface area contributed by atoms with Crippen molar-refractivity contribution in [1.29, 1.82) is 0 Å². The number of anilines is 2. The summed E-state index contributed by atoms with van der Waals surface area (Å²) < 4.78 is 26.0. The molecule has 4 amide bonds. The van der Waals surface area contributed by atoms with E-state index in [1.807, 2.05) is 23.9 Å². The molecule has 0 bridgehead atoms. The van der Waals surface area contributed by atoms with Gasteiger partial charge in [0.25, 0.3) is 11.8 Å². The second-order valence-electron chi connectivity index (χ2n) is 10.2. The Hall–Kier alpha value is -4.98. The van der Waals surface area contributed by atoms with Crippen molar-refractivity contribution < 1.29 is 27.9 Å². The van der Waals surface area contributed by atoms with Crippen LogP contribution in [-0.4, -0.2) is 83.7 Å². The van der Waals surface area contributed by atoms with Crippen LogP contribution in [0, 0.1) is 5.82 Å². The van der Waals surface area contributed by atoms with Crippen LogP contribution in [0.2, 0.25) is 0 Å². The minimum absolute atomic E-state index is 0.0359. The lowest BCUT2D eigenvalue weighted by Crippen LogP contribution is -2.52. The molecule has 3 N–H and O–H groups in total. The minimum Gasteiger partial charge on any atom is -0.494 e. The standard InChI is InChI=1S/C27H27FN8O5/c1-34(2)8-9-36(16-11-29-30-12-16)21-7-6-18-17(31-21)10-20(41-18)27(25(38)32-26(39)33-27)14-35-13-15-4-5-19(40-3)23(28)22(15)24(35)37/h4-7,10-12H,8-9,13-14H2,1-3H3,(H,29,30)(H2,32,33,38,39)/t27-/m0/s1. The van der Waals surface area contributed by atoms with Crippen molar-refractivity contribution in [3.63, 3.8) is 0 Å². The number of aromatic nitrogens is 3. The number of likely N-dealkylation sites (N-methyl/N-ethyl adjacent to an activating group) is 1. The van der Waals surface area contributed by atoms with E-state index in [1.165, 1.54) is 18.1 Å². The number of furan rings is 1. The Morgan fingerprint density at radius 2 is 2.00 bits per heavy atom. The Morgan fingerprint density at radius 1 is 1.17 bits per heavy atom. The van der Waals surface area contributed by atoms with Crippen LogP contribution in [0.5, 0.6) is 5.75 Å². The zero-order valence-electron chi connectivity index (χ0n) is 22.5. The Morgan fingerprint density at radius 3 is 2.68 bits per heavy atom. The van der Waals surface area contributed by atoms with E-state index in [9.17, 15) is 18.8 Å². The second kappa shape index (κ2) is 9.89. The Balaban J connectivity index is 1.36. The fraction of sp³-hybridized carbons (Fsp3) is 0.296. The van der Waals surface area contributed by atoms with Gasteiger partial charge in [-0.15, -0.1) is 0 Å². The fourth-order valence-electron chi connectivity index (χ4n) is 5.16. The van der Waals surface area contributed by atoms with Crippen LogP contribution in [0.3, 0.4) is 0 Å². The quantitative estimate of drug-likeness (QED) is 0.261. The lowest BCUT2D eigenvalue weighted by molar-refractivity contribution is -0.125. The van der Waals surface area contributed by atoms with Crippen molar-refractivity contribution in [2.75, 3.05) is 45.7 Å². The van der Waals surface area contributed by atoms with E-state index >= 15 is 0 Å². The lowest BCUT2D eigenvalue weighted by Gasteiger charge is -2.28. The summed E-state index contributed by atoms with van der Waals surface area (Å²) in [5, 5.41) is 11.7. The van der Waals surface area contributed by atoms with Crippen molar-refractivity contribution in [1.82, 2.24) is 35.6 Å². The number of fused-ring (bicyclic) bond motifs is 2. The molecule has 13 nitrogen and oxygen atoms in total.